The van der Waals surface area contributed by atoms with Crippen LogP contribution in [-0.2, 0) is 4.79 Å². The number of fused-ring (bicyclic) bond motifs is 1. The summed E-state index contributed by atoms with van der Waals surface area (Å²) >= 11 is 1.61. The summed E-state index contributed by atoms with van der Waals surface area (Å²) in [6, 6.07) is 9.11. The molecule has 1 heterocycles. The Labute approximate surface area is 191 Å². The minimum absolute atomic E-state index is 0.316. The molecule has 168 valence electrons. The van der Waals surface area contributed by atoms with Crippen LogP contribution >= 0.6 is 11.8 Å². The third-order valence-electron chi connectivity index (χ3n) is 6.80. The van der Waals surface area contributed by atoms with Crippen LogP contribution in [0.1, 0.15) is 76.7 Å². The van der Waals surface area contributed by atoms with Crippen LogP contribution in [0.5, 0.6) is 5.75 Å². The van der Waals surface area contributed by atoms with E-state index in [0.29, 0.717) is 30.4 Å². The largest absolute Gasteiger partial charge is 0.494 e. The average molecular weight is 441 g/mol. The van der Waals surface area contributed by atoms with Crippen molar-refractivity contribution in [3.8, 4) is 5.75 Å². The number of pyridine rings is 1. The van der Waals surface area contributed by atoms with E-state index in [1.165, 1.54) is 64.2 Å². The minimum Gasteiger partial charge on any atom is -0.494 e. The molecule has 1 amide bonds. The molecular formula is C26H36N2O2S. The van der Waals surface area contributed by atoms with Crippen LogP contribution in [0, 0.1) is 6.92 Å². The first-order valence-corrected chi connectivity index (χ1v) is 13.1. The number of thioether (sulfide) groups is 1. The van der Waals surface area contributed by atoms with Gasteiger partial charge in [0.15, 0.2) is 0 Å². The fraction of sp³-hybridized carbons (Fsp3) is 0.615. The van der Waals surface area contributed by atoms with Crippen LogP contribution in [0.2, 0.25) is 0 Å². The Balaban J connectivity index is 1.47. The summed E-state index contributed by atoms with van der Waals surface area (Å²) in [4.78, 5) is 20.7. The molecule has 1 aromatic carbocycles. The van der Waals surface area contributed by atoms with E-state index >= 15 is 0 Å². The number of aryl methyl sites for hydroxylation is 1. The number of hydrogen-bond acceptors (Lipinski definition) is 4. The molecule has 0 bridgehead atoms. The molecule has 0 atom stereocenters. The van der Waals surface area contributed by atoms with Crippen molar-refractivity contribution in [2.45, 2.75) is 95.2 Å². The second-order valence-corrected chi connectivity index (χ2v) is 10.0. The van der Waals surface area contributed by atoms with Crippen molar-refractivity contribution in [1.29, 1.82) is 0 Å². The third-order valence-corrected chi connectivity index (χ3v) is 7.88. The minimum atomic E-state index is 0.316. The Kier molecular flexibility index (Phi) is 7.76. The van der Waals surface area contributed by atoms with E-state index in [4.69, 9.17) is 9.72 Å². The highest BCUT2D eigenvalue weighted by Gasteiger charge is 2.32. The molecule has 0 unspecified atom stereocenters. The fourth-order valence-electron chi connectivity index (χ4n) is 5.27. The lowest BCUT2D eigenvalue weighted by atomic mass is 9.88. The van der Waals surface area contributed by atoms with Crippen molar-refractivity contribution in [1.82, 2.24) is 9.88 Å². The SMILES string of the molecule is CCOc1ccc2nc(SCC(=O)N(C3CCCCC3)C3CCCCC3)c(C)cc2c1. The number of carbonyl (C=O) groups is 1. The monoisotopic (exact) mass is 440 g/mol. The third kappa shape index (κ3) is 5.54. The molecular weight excluding hydrogens is 404 g/mol. The number of benzene rings is 1. The second-order valence-electron chi connectivity index (χ2n) is 9.07. The smallest absolute Gasteiger partial charge is 0.233 e. The van der Waals surface area contributed by atoms with E-state index in [2.05, 4.69) is 17.9 Å². The molecule has 0 aliphatic heterocycles. The highest BCUT2D eigenvalue weighted by atomic mass is 32.2. The molecule has 31 heavy (non-hydrogen) atoms. The average Bonchev–Trinajstić information content (AvgIpc) is 2.79. The van der Waals surface area contributed by atoms with Crippen LogP contribution in [-0.4, -0.2) is 40.2 Å². The summed E-state index contributed by atoms with van der Waals surface area (Å²) < 4.78 is 5.62. The van der Waals surface area contributed by atoms with Gasteiger partial charge in [0.2, 0.25) is 5.91 Å². The fourth-order valence-corrected chi connectivity index (χ4v) is 6.13. The van der Waals surface area contributed by atoms with E-state index in [1.807, 2.05) is 25.1 Å². The number of aromatic nitrogens is 1. The normalized spacial score (nSPS) is 18.3. The highest BCUT2D eigenvalue weighted by Crippen LogP contribution is 2.32. The van der Waals surface area contributed by atoms with Crippen molar-refractivity contribution >= 4 is 28.6 Å². The van der Waals surface area contributed by atoms with Crippen molar-refractivity contribution < 1.29 is 9.53 Å². The first-order chi connectivity index (χ1) is 15.2. The summed E-state index contributed by atoms with van der Waals surface area (Å²) in [6.07, 6.45) is 12.4. The van der Waals surface area contributed by atoms with Gasteiger partial charge in [0.1, 0.15) is 10.8 Å². The molecule has 2 aliphatic carbocycles. The molecule has 5 heteroatoms. The molecule has 0 N–H and O–H groups in total. The molecule has 4 rings (SSSR count). The number of hydrogen-bond donors (Lipinski definition) is 0. The summed E-state index contributed by atoms with van der Waals surface area (Å²) in [6.45, 7) is 4.74. The van der Waals surface area contributed by atoms with Crippen molar-refractivity contribution in [3.63, 3.8) is 0 Å². The van der Waals surface area contributed by atoms with Gasteiger partial charge in [-0.05, 0) is 69.4 Å². The lowest BCUT2D eigenvalue weighted by molar-refractivity contribution is -0.135. The van der Waals surface area contributed by atoms with Crippen LogP contribution in [0.15, 0.2) is 29.3 Å². The van der Waals surface area contributed by atoms with Gasteiger partial charge >= 0.3 is 0 Å². The first kappa shape index (κ1) is 22.4. The predicted octanol–water partition coefficient (Wildman–Crippen LogP) is 6.53. The van der Waals surface area contributed by atoms with E-state index in [0.717, 1.165) is 27.2 Å². The number of nitrogens with zero attached hydrogens (tertiary/aromatic N) is 2. The number of amides is 1. The molecule has 0 radical (unpaired) electrons. The number of carbonyl (C=O) groups excluding carboxylic acids is 1. The van der Waals surface area contributed by atoms with E-state index in [9.17, 15) is 4.79 Å². The van der Waals surface area contributed by atoms with E-state index in [1.54, 1.807) is 11.8 Å². The van der Waals surface area contributed by atoms with Gasteiger partial charge in [-0.2, -0.15) is 0 Å². The Morgan fingerprint density at radius 3 is 2.29 bits per heavy atom. The molecule has 0 saturated heterocycles. The quantitative estimate of drug-likeness (QED) is 0.459. The Morgan fingerprint density at radius 1 is 1.03 bits per heavy atom. The summed E-state index contributed by atoms with van der Waals surface area (Å²) in [7, 11) is 0. The van der Waals surface area contributed by atoms with Gasteiger partial charge in [-0.25, -0.2) is 4.98 Å². The Hall–Kier alpha value is -1.75. The maximum Gasteiger partial charge on any atom is 0.233 e. The van der Waals surface area contributed by atoms with Gasteiger partial charge in [-0.3, -0.25) is 4.79 Å². The van der Waals surface area contributed by atoms with Crippen LogP contribution in [0.25, 0.3) is 10.9 Å². The second kappa shape index (κ2) is 10.7. The van der Waals surface area contributed by atoms with Crippen molar-refractivity contribution in [3.05, 3.63) is 29.8 Å². The van der Waals surface area contributed by atoms with Crippen LogP contribution in [0.3, 0.4) is 0 Å². The molecule has 2 fully saturated rings. The number of rotatable bonds is 7. The summed E-state index contributed by atoms with van der Waals surface area (Å²) in [5, 5.41) is 2.06. The molecule has 1 aromatic heterocycles. The topological polar surface area (TPSA) is 42.4 Å². The molecule has 4 nitrogen and oxygen atoms in total. The van der Waals surface area contributed by atoms with Crippen molar-refractivity contribution in [2.75, 3.05) is 12.4 Å². The molecule has 2 aromatic rings. The van der Waals surface area contributed by atoms with Gasteiger partial charge in [0.05, 0.1) is 17.9 Å². The van der Waals surface area contributed by atoms with Crippen LogP contribution in [0.4, 0.5) is 0 Å². The van der Waals surface area contributed by atoms with Gasteiger partial charge < -0.3 is 9.64 Å². The first-order valence-electron chi connectivity index (χ1n) is 12.1. The zero-order chi connectivity index (χ0) is 21.6. The summed E-state index contributed by atoms with van der Waals surface area (Å²) in [5.74, 6) is 1.68. The highest BCUT2D eigenvalue weighted by molar-refractivity contribution is 7.99. The zero-order valence-corrected chi connectivity index (χ0v) is 19.9. The predicted molar refractivity (Wildman–Crippen MR) is 129 cm³/mol. The van der Waals surface area contributed by atoms with Gasteiger partial charge in [0.25, 0.3) is 0 Å². The standard InChI is InChI=1S/C26H36N2O2S/c1-3-30-23-14-15-24-20(17-23)16-19(2)26(27-24)31-18-25(29)28(21-10-6-4-7-11-21)22-12-8-5-9-13-22/h14-17,21-22H,3-13,18H2,1-2H3. The Bertz CT molecular complexity index is 870. The lowest BCUT2D eigenvalue weighted by Gasteiger charge is -2.41. The van der Waals surface area contributed by atoms with Gasteiger partial charge in [-0.15, -0.1) is 0 Å². The van der Waals surface area contributed by atoms with E-state index in [-0.39, 0.29) is 0 Å². The maximum absolute atomic E-state index is 13.5. The molecule has 0 spiro atoms. The van der Waals surface area contributed by atoms with Gasteiger partial charge in [0, 0.05) is 17.5 Å². The Morgan fingerprint density at radius 2 is 1.68 bits per heavy atom. The zero-order valence-electron chi connectivity index (χ0n) is 19.1. The summed E-state index contributed by atoms with van der Waals surface area (Å²) in [5.41, 5.74) is 2.08. The lowest BCUT2D eigenvalue weighted by Crippen LogP contribution is -2.49. The maximum atomic E-state index is 13.5. The van der Waals surface area contributed by atoms with Crippen molar-refractivity contribution in [2.24, 2.45) is 0 Å². The molecule has 2 aliphatic rings. The number of ether oxygens (including phenoxy) is 1. The van der Waals surface area contributed by atoms with Crippen LogP contribution < -0.4 is 4.74 Å². The molecule has 2 saturated carbocycles. The van der Waals surface area contributed by atoms with Gasteiger partial charge in [-0.1, -0.05) is 50.3 Å². The van der Waals surface area contributed by atoms with E-state index < -0.39 is 0 Å².